The Morgan fingerprint density at radius 3 is 2.82 bits per heavy atom. The van der Waals surface area contributed by atoms with Gasteiger partial charge >= 0.3 is 0 Å². The fourth-order valence-corrected chi connectivity index (χ4v) is 3.11. The largest absolute Gasteiger partial charge is 0.316 e. The Bertz CT molecular complexity index is 623. The van der Waals surface area contributed by atoms with Gasteiger partial charge in [-0.3, -0.25) is 9.58 Å². The summed E-state index contributed by atoms with van der Waals surface area (Å²) in [5.41, 5.74) is 5.22. The van der Waals surface area contributed by atoms with Gasteiger partial charge in [0.2, 0.25) is 0 Å². The number of likely N-dealkylation sites (N-methyl/N-ethyl adjacent to an activating group) is 1. The number of rotatable bonds is 4. The van der Waals surface area contributed by atoms with Gasteiger partial charge in [0.25, 0.3) is 0 Å². The molecule has 1 saturated heterocycles. The van der Waals surface area contributed by atoms with E-state index in [-0.39, 0.29) is 12.4 Å². The van der Waals surface area contributed by atoms with Crippen molar-refractivity contribution in [1.82, 2.24) is 20.0 Å². The molecule has 4 nitrogen and oxygen atoms in total. The Morgan fingerprint density at radius 2 is 2.18 bits per heavy atom. The summed E-state index contributed by atoms with van der Waals surface area (Å²) in [7, 11) is 4.03. The predicted octanol–water partition coefficient (Wildman–Crippen LogP) is 2.61. The first-order valence-corrected chi connectivity index (χ1v) is 7.64. The van der Waals surface area contributed by atoms with E-state index in [1.165, 1.54) is 35.2 Å². The fraction of sp³-hybridized carbons (Fsp3) is 0.471. The summed E-state index contributed by atoms with van der Waals surface area (Å²) in [6.45, 7) is 5.47. The molecule has 0 aliphatic carbocycles. The zero-order valence-corrected chi connectivity index (χ0v) is 14.4. The van der Waals surface area contributed by atoms with E-state index in [1.807, 2.05) is 17.9 Å². The average molecular weight is 321 g/mol. The van der Waals surface area contributed by atoms with Crippen molar-refractivity contribution in [2.45, 2.75) is 25.9 Å². The van der Waals surface area contributed by atoms with Gasteiger partial charge in [0, 0.05) is 44.5 Å². The van der Waals surface area contributed by atoms with Crippen molar-refractivity contribution >= 4 is 12.4 Å². The first kappa shape index (κ1) is 17.0. The van der Waals surface area contributed by atoms with Crippen molar-refractivity contribution in [2.75, 3.05) is 20.1 Å². The second-order valence-corrected chi connectivity index (χ2v) is 6.07. The third kappa shape index (κ3) is 3.69. The number of nitrogens with zero attached hydrogens (tertiary/aromatic N) is 3. The quantitative estimate of drug-likeness (QED) is 0.940. The third-order valence-corrected chi connectivity index (χ3v) is 4.36. The van der Waals surface area contributed by atoms with Crippen LogP contribution < -0.4 is 5.32 Å². The fourth-order valence-electron chi connectivity index (χ4n) is 3.11. The molecule has 1 fully saturated rings. The van der Waals surface area contributed by atoms with Crippen LogP contribution in [0.3, 0.4) is 0 Å². The molecule has 3 rings (SSSR count). The lowest BCUT2D eigenvalue weighted by atomic mass is 9.99. The number of aromatic nitrogens is 2. The molecule has 120 valence electrons. The Hall–Kier alpha value is -1.36. The number of nitrogens with one attached hydrogen (secondary N) is 1. The maximum absolute atomic E-state index is 4.31. The lowest BCUT2D eigenvalue weighted by molar-refractivity contribution is 0.323. The van der Waals surface area contributed by atoms with Gasteiger partial charge in [0.05, 0.1) is 6.20 Å². The zero-order valence-electron chi connectivity index (χ0n) is 13.5. The predicted molar refractivity (Wildman–Crippen MR) is 93.4 cm³/mol. The van der Waals surface area contributed by atoms with E-state index in [9.17, 15) is 0 Å². The highest BCUT2D eigenvalue weighted by atomic mass is 35.5. The molecular formula is C17H25ClN4. The maximum atomic E-state index is 4.31. The standard InChI is InChI=1S/C17H24N4.ClH/c1-13-4-5-14(11-21-7-6-16(12-21)18-2)17(8-13)15-9-19-20(3)10-15;/h4-5,8-10,16,18H,6-7,11-12H2,1-3H3;1H. The lowest BCUT2D eigenvalue weighted by Crippen LogP contribution is -2.29. The summed E-state index contributed by atoms with van der Waals surface area (Å²) in [6, 6.07) is 7.39. The van der Waals surface area contributed by atoms with Crippen LogP contribution in [0.1, 0.15) is 17.5 Å². The topological polar surface area (TPSA) is 33.1 Å². The molecular weight excluding hydrogens is 296 g/mol. The van der Waals surface area contributed by atoms with E-state index in [0.29, 0.717) is 6.04 Å². The van der Waals surface area contributed by atoms with E-state index in [2.05, 4.69) is 53.7 Å². The molecule has 0 spiro atoms. The number of halogens is 1. The van der Waals surface area contributed by atoms with Crippen LogP contribution in [-0.2, 0) is 13.6 Å². The highest BCUT2D eigenvalue weighted by Gasteiger charge is 2.21. The number of hydrogen-bond acceptors (Lipinski definition) is 3. The smallest absolute Gasteiger partial charge is 0.0568 e. The van der Waals surface area contributed by atoms with Crippen molar-refractivity contribution in [2.24, 2.45) is 7.05 Å². The van der Waals surface area contributed by atoms with Crippen LogP contribution in [0.15, 0.2) is 30.6 Å². The minimum atomic E-state index is 0. The molecule has 1 aliphatic rings. The molecule has 22 heavy (non-hydrogen) atoms. The summed E-state index contributed by atoms with van der Waals surface area (Å²) in [6.07, 6.45) is 5.29. The van der Waals surface area contributed by atoms with Gasteiger partial charge in [-0.1, -0.05) is 23.8 Å². The lowest BCUT2D eigenvalue weighted by Gasteiger charge is -2.18. The van der Waals surface area contributed by atoms with Crippen molar-refractivity contribution < 1.29 is 0 Å². The number of likely N-dealkylation sites (tertiary alicyclic amines) is 1. The van der Waals surface area contributed by atoms with Gasteiger partial charge < -0.3 is 5.32 Å². The molecule has 1 unspecified atom stereocenters. The summed E-state index contributed by atoms with van der Waals surface area (Å²) in [4.78, 5) is 2.53. The molecule has 1 aliphatic heterocycles. The monoisotopic (exact) mass is 320 g/mol. The van der Waals surface area contributed by atoms with Crippen LogP contribution in [0.4, 0.5) is 0 Å². The van der Waals surface area contributed by atoms with Crippen LogP contribution in [0, 0.1) is 6.92 Å². The van der Waals surface area contributed by atoms with E-state index in [4.69, 9.17) is 0 Å². The molecule has 1 N–H and O–H groups in total. The molecule has 0 saturated carbocycles. The van der Waals surface area contributed by atoms with Crippen molar-refractivity contribution in [3.63, 3.8) is 0 Å². The minimum absolute atomic E-state index is 0. The number of hydrogen-bond donors (Lipinski definition) is 1. The average Bonchev–Trinajstić information content (AvgIpc) is 3.10. The Labute approximate surface area is 138 Å². The van der Waals surface area contributed by atoms with E-state index in [1.54, 1.807) is 0 Å². The van der Waals surface area contributed by atoms with Crippen LogP contribution >= 0.6 is 12.4 Å². The molecule has 1 atom stereocenters. The van der Waals surface area contributed by atoms with E-state index < -0.39 is 0 Å². The Balaban J connectivity index is 0.00000176. The summed E-state index contributed by atoms with van der Waals surface area (Å²) in [5, 5.41) is 7.70. The highest BCUT2D eigenvalue weighted by molar-refractivity contribution is 5.85. The van der Waals surface area contributed by atoms with Crippen LogP contribution in [-0.4, -0.2) is 40.9 Å². The van der Waals surface area contributed by atoms with Gasteiger partial charge in [-0.15, -0.1) is 12.4 Å². The SMILES string of the molecule is CNC1CCN(Cc2ccc(C)cc2-c2cnn(C)c2)C1.Cl. The number of aryl methyl sites for hydroxylation is 2. The Morgan fingerprint density at radius 1 is 1.36 bits per heavy atom. The van der Waals surface area contributed by atoms with Crippen LogP contribution in [0.2, 0.25) is 0 Å². The maximum Gasteiger partial charge on any atom is 0.0568 e. The number of benzene rings is 1. The third-order valence-electron chi connectivity index (χ3n) is 4.36. The van der Waals surface area contributed by atoms with E-state index >= 15 is 0 Å². The van der Waals surface area contributed by atoms with Crippen LogP contribution in [0.5, 0.6) is 0 Å². The highest BCUT2D eigenvalue weighted by Crippen LogP contribution is 2.26. The first-order chi connectivity index (χ1) is 10.2. The van der Waals surface area contributed by atoms with Crippen molar-refractivity contribution in [1.29, 1.82) is 0 Å². The molecule has 0 bridgehead atoms. The molecule has 2 aromatic rings. The second kappa shape index (κ2) is 7.27. The molecule has 0 radical (unpaired) electrons. The molecule has 1 aromatic heterocycles. The Kier molecular flexibility index (Phi) is 5.62. The minimum Gasteiger partial charge on any atom is -0.316 e. The normalized spacial score (nSPS) is 18.4. The molecule has 0 amide bonds. The van der Waals surface area contributed by atoms with Gasteiger partial charge in [0.1, 0.15) is 0 Å². The zero-order chi connectivity index (χ0) is 14.8. The van der Waals surface area contributed by atoms with Gasteiger partial charge in [0.15, 0.2) is 0 Å². The van der Waals surface area contributed by atoms with Gasteiger partial charge in [-0.05, 0) is 31.5 Å². The summed E-state index contributed by atoms with van der Waals surface area (Å²) >= 11 is 0. The molecule has 2 heterocycles. The summed E-state index contributed by atoms with van der Waals surface area (Å²) < 4.78 is 1.87. The van der Waals surface area contributed by atoms with Gasteiger partial charge in [-0.25, -0.2) is 0 Å². The molecule has 5 heteroatoms. The molecule has 1 aromatic carbocycles. The summed E-state index contributed by atoms with van der Waals surface area (Å²) in [5.74, 6) is 0. The van der Waals surface area contributed by atoms with Gasteiger partial charge in [-0.2, -0.15) is 5.10 Å². The van der Waals surface area contributed by atoms with Crippen molar-refractivity contribution in [3.05, 3.63) is 41.7 Å². The van der Waals surface area contributed by atoms with E-state index in [0.717, 1.165) is 13.1 Å². The van der Waals surface area contributed by atoms with Crippen LogP contribution in [0.25, 0.3) is 11.1 Å². The van der Waals surface area contributed by atoms with Crippen molar-refractivity contribution in [3.8, 4) is 11.1 Å². The first-order valence-electron chi connectivity index (χ1n) is 7.64. The second-order valence-electron chi connectivity index (χ2n) is 6.07.